The number of likely N-dealkylation sites (tertiary alicyclic amines) is 1. The fraction of sp³-hybridized carbons (Fsp3) is 0.200. The second kappa shape index (κ2) is 10.5. The van der Waals surface area contributed by atoms with Gasteiger partial charge >= 0.3 is 0 Å². The average molecular weight is 464 g/mol. The molecule has 1 aromatic heterocycles. The lowest BCUT2D eigenvalue weighted by atomic mass is 10.0. The maximum absolute atomic E-state index is 12.4. The first kappa shape index (κ1) is 22.8. The summed E-state index contributed by atoms with van der Waals surface area (Å²) in [5.74, 6) is -0.178. The van der Waals surface area contributed by atoms with Gasteiger partial charge in [0.05, 0.1) is 11.3 Å². The Morgan fingerprint density at radius 1 is 0.914 bits per heavy atom. The Bertz CT molecular complexity index is 1410. The first-order valence-electron chi connectivity index (χ1n) is 12.1. The highest BCUT2D eigenvalue weighted by atomic mass is 16.3. The monoisotopic (exact) mass is 463 g/mol. The van der Waals surface area contributed by atoms with E-state index in [0.29, 0.717) is 16.3 Å². The maximum Gasteiger partial charge on any atom is 0.258 e. The highest BCUT2D eigenvalue weighted by molar-refractivity contribution is 6.02. The highest BCUT2D eigenvalue weighted by Crippen LogP contribution is 2.24. The first-order chi connectivity index (χ1) is 17.2. The van der Waals surface area contributed by atoms with Crippen molar-refractivity contribution in [3.05, 3.63) is 111 Å². The fourth-order valence-corrected chi connectivity index (χ4v) is 4.56. The summed E-state index contributed by atoms with van der Waals surface area (Å²) in [7, 11) is 0. The van der Waals surface area contributed by atoms with Gasteiger partial charge in [0.2, 0.25) is 5.88 Å². The maximum atomic E-state index is 12.4. The zero-order valence-electron chi connectivity index (χ0n) is 19.7. The first-order valence-corrected chi connectivity index (χ1v) is 12.1. The number of aromatic hydroxyl groups is 1. The molecule has 0 radical (unpaired) electrons. The van der Waals surface area contributed by atoms with Crippen LogP contribution < -0.4 is 5.56 Å². The smallest absolute Gasteiger partial charge is 0.258 e. The van der Waals surface area contributed by atoms with Gasteiger partial charge < -0.3 is 5.11 Å². The molecule has 0 spiro atoms. The molecule has 2 N–H and O–H groups in total. The van der Waals surface area contributed by atoms with E-state index in [9.17, 15) is 9.90 Å². The number of pyridine rings is 1. The summed E-state index contributed by atoms with van der Waals surface area (Å²) in [5.41, 5.74) is 4.44. The van der Waals surface area contributed by atoms with E-state index >= 15 is 0 Å². The molecule has 1 fully saturated rings. The van der Waals surface area contributed by atoms with E-state index in [4.69, 9.17) is 0 Å². The second-order valence-corrected chi connectivity index (χ2v) is 9.02. The number of allylic oxidation sites excluding steroid dienone is 1. The summed E-state index contributed by atoms with van der Waals surface area (Å²) < 4.78 is 0. The molecule has 1 aliphatic heterocycles. The lowest BCUT2D eigenvalue weighted by molar-refractivity contribution is 0.331. The molecule has 35 heavy (non-hydrogen) atoms. The number of fused-ring (bicyclic) bond motifs is 1. The minimum atomic E-state index is -0.319. The minimum Gasteiger partial charge on any atom is -0.494 e. The molecule has 5 rings (SSSR count). The third-order valence-corrected chi connectivity index (χ3v) is 6.46. The second-order valence-electron chi connectivity index (χ2n) is 9.02. The number of aromatic nitrogens is 1. The number of aliphatic imine (C=N–C) groups is 1. The van der Waals surface area contributed by atoms with E-state index in [1.165, 1.54) is 37.1 Å². The van der Waals surface area contributed by atoms with Crippen LogP contribution in [0, 0.1) is 0 Å². The van der Waals surface area contributed by atoms with Gasteiger partial charge in [-0.2, -0.15) is 0 Å². The van der Waals surface area contributed by atoms with Crippen molar-refractivity contribution in [2.45, 2.75) is 25.8 Å². The Kier molecular flexibility index (Phi) is 6.87. The molecule has 0 amide bonds. The van der Waals surface area contributed by atoms with Gasteiger partial charge in [-0.3, -0.25) is 19.7 Å². The fourth-order valence-electron chi connectivity index (χ4n) is 4.56. The van der Waals surface area contributed by atoms with Gasteiger partial charge in [-0.25, -0.2) is 0 Å². The van der Waals surface area contributed by atoms with Crippen LogP contribution in [0.1, 0.15) is 35.1 Å². The number of nitrogens with zero attached hydrogens (tertiary/aromatic N) is 2. The van der Waals surface area contributed by atoms with Crippen molar-refractivity contribution < 1.29 is 5.11 Å². The van der Waals surface area contributed by atoms with Crippen molar-refractivity contribution in [1.82, 2.24) is 9.88 Å². The number of aromatic amines is 1. The van der Waals surface area contributed by atoms with Crippen LogP contribution in [0.3, 0.4) is 0 Å². The number of hydrogen-bond acceptors (Lipinski definition) is 4. The molecular formula is C30H29N3O2. The van der Waals surface area contributed by atoms with E-state index in [1.807, 2.05) is 48.5 Å². The van der Waals surface area contributed by atoms with Crippen LogP contribution >= 0.6 is 0 Å². The lowest BCUT2D eigenvalue weighted by Crippen LogP contribution is -2.18. The summed E-state index contributed by atoms with van der Waals surface area (Å²) >= 11 is 0. The van der Waals surface area contributed by atoms with Gasteiger partial charge in [-0.1, -0.05) is 60.7 Å². The summed E-state index contributed by atoms with van der Waals surface area (Å²) in [5, 5.41) is 11.7. The van der Waals surface area contributed by atoms with Gasteiger partial charge in [-0.05, 0) is 73.3 Å². The largest absolute Gasteiger partial charge is 0.494 e. The van der Waals surface area contributed by atoms with Gasteiger partial charge in [-0.15, -0.1) is 0 Å². The zero-order valence-corrected chi connectivity index (χ0v) is 19.7. The Hall–Kier alpha value is -3.96. The molecule has 1 saturated heterocycles. The van der Waals surface area contributed by atoms with E-state index in [0.717, 1.165) is 24.2 Å². The normalized spacial score (nSPS) is 14.5. The highest BCUT2D eigenvalue weighted by Gasteiger charge is 2.12. The van der Waals surface area contributed by atoms with E-state index in [-0.39, 0.29) is 11.4 Å². The Morgan fingerprint density at radius 2 is 1.69 bits per heavy atom. The Labute approximate surface area is 205 Å². The molecule has 0 bridgehead atoms. The third-order valence-electron chi connectivity index (χ3n) is 6.46. The van der Waals surface area contributed by atoms with Crippen LogP contribution in [0.2, 0.25) is 0 Å². The summed E-state index contributed by atoms with van der Waals surface area (Å²) in [6.45, 7) is 3.31. The molecule has 5 heteroatoms. The number of nitrogens with one attached hydrogen (secondary N) is 1. The molecule has 0 unspecified atom stereocenters. The van der Waals surface area contributed by atoms with Gasteiger partial charge in [0, 0.05) is 23.5 Å². The van der Waals surface area contributed by atoms with Crippen molar-refractivity contribution in [1.29, 1.82) is 0 Å². The van der Waals surface area contributed by atoms with Crippen molar-refractivity contribution >= 4 is 28.8 Å². The van der Waals surface area contributed by atoms with E-state index < -0.39 is 0 Å². The molecule has 5 nitrogen and oxygen atoms in total. The quantitative estimate of drug-likeness (QED) is 0.339. The molecule has 0 saturated carbocycles. The topological polar surface area (TPSA) is 68.7 Å². The van der Waals surface area contributed by atoms with Crippen molar-refractivity contribution in [2.75, 3.05) is 13.1 Å². The van der Waals surface area contributed by atoms with Crippen LogP contribution in [0.5, 0.6) is 5.88 Å². The standard InChI is InChI=1S/C30H29N3O2/c34-29-26-16-13-23(10-6-9-22-7-2-1-3-8-22)19-27(26)28(30(35)32-29)20-31-25-14-11-24(12-15-25)21-33-17-4-5-18-33/h1-3,6-8,10-16,19-20H,4-5,9,17-18,21H2,(H2,32,34,35). The number of rotatable bonds is 7. The molecule has 1 aliphatic rings. The molecule has 176 valence electrons. The number of benzene rings is 3. The lowest BCUT2D eigenvalue weighted by Gasteiger charge is -2.14. The number of hydrogen-bond donors (Lipinski definition) is 2. The van der Waals surface area contributed by atoms with Crippen molar-refractivity contribution in [3.8, 4) is 5.88 Å². The van der Waals surface area contributed by atoms with Gasteiger partial charge in [0.1, 0.15) is 0 Å². The molecule has 0 atom stereocenters. The van der Waals surface area contributed by atoms with Crippen LogP contribution in [-0.4, -0.2) is 34.3 Å². The third kappa shape index (κ3) is 5.58. The SMILES string of the molecule is O=c1[nH]c(O)c(C=Nc2ccc(CN3CCCC3)cc2)c2cc(C=CCc3ccccc3)ccc12. The molecule has 3 aromatic carbocycles. The molecule has 2 heterocycles. The van der Waals surface area contributed by atoms with Crippen LogP contribution in [0.4, 0.5) is 5.69 Å². The Morgan fingerprint density at radius 3 is 2.46 bits per heavy atom. The van der Waals surface area contributed by atoms with Crippen molar-refractivity contribution in [2.24, 2.45) is 4.99 Å². The van der Waals surface area contributed by atoms with Gasteiger partial charge in [0.25, 0.3) is 5.56 Å². The summed E-state index contributed by atoms with van der Waals surface area (Å²) in [6, 6.07) is 24.1. The van der Waals surface area contributed by atoms with Crippen molar-refractivity contribution in [3.63, 3.8) is 0 Å². The predicted octanol–water partition coefficient (Wildman–Crippen LogP) is 5.84. The molecule has 4 aromatic rings. The van der Waals surface area contributed by atoms with Crippen LogP contribution in [0.15, 0.2) is 88.7 Å². The summed E-state index contributed by atoms with van der Waals surface area (Å²) in [4.78, 5) is 22.0. The minimum absolute atomic E-state index is 0.178. The Balaban J connectivity index is 1.38. The predicted molar refractivity (Wildman–Crippen MR) is 144 cm³/mol. The number of H-pyrrole nitrogens is 1. The average Bonchev–Trinajstić information content (AvgIpc) is 3.38. The zero-order chi connectivity index (χ0) is 24.0. The van der Waals surface area contributed by atoms with Crippen LogP contribution in [-0.2, 0) is 13.0 Å². The van der Waals surface area contributed by atoms with E-state index in [2.05, 4.69) is 45.2 Å². The van der Waals surface area contributed by atoms with E-state index in [1.54, 1.807) is 12.3 Å². The van der Waals surface area contributed by atoms with Gasteiger partial charge in [0.15, 0.2) is 0 Å². The van der Waals surface area contributed by atoms with Crippen LogP contribution in [0.25, 0.3) is 16.8 Å². The molecular weight excluding hydrogens is 434 g/mol. The molecule has 0 aliphatic carbocycles. The summed E-state index contributed by atoms with van der Waals surface area (Å²) in [6.07, 6.45) is 9.14.